The van der Waals surface area contributed by atoms with Crippen molar-refractivity contribution in [3.05, 3.63) is 41.1 Å². The second-order valence-corrected chi connectivity index (χ2v) is 5.82. The molecule has 1 unspecified atom stereocenters. The summed E-state index contributed by atoms with van der Waals surface area (Å²) in [5.74, 6) is -0.904. The van der Waals surface area contributed by atoms with Gasteiger partial charge in [-0.1, -0.05) is 31.1 Å². The molecule has 0 aliphatic heterocycles. The van der Waals surface area contributed by atoms with Crippen LogP contribution in [0.2, 0.25) is 0 Å². The quantitative estimate of drug-likeness (QED) is 0.816. The van der Waals surface area contributed by atoms with Crippen molar-refractivity contribution in [3.8, 4) is 0 Å². The Balaban J connectivity index is 1.98. The molecule has 0 radical (unpaired) electrons. The molecule has 0 saturated heterocycles. The Morgan fingerprint density at radius 2 is 1.83 bits per heavy atom. The lowest BCUT2D eigenvalue weighted by atomic mass is 10.0. The van der Waals surface area contributed by atoms with E-state index in [1.54, 1.807) is 6.92 Å². The molecule has 0 aliphatic carbocycles. The minimum atomic E-state index is -0.990. The molecule has 128 valence electrons. The molecule has 7 heteroatoms. The van der Waals surface area contributed by atoms with Crippen LogP contribution in [-0.2, 0) is 9.53 Å². The number of nitrogens with one attached hydrogen (secondary N) is 1. The van der Waals surface area contributed by atoms with Crippen molar-refractivity contribution in [1.82, 2.24) is 5.16 Å². The molecule has 3 N–H and O–H groups in total. The molecule has 1 atom stereocenters. The van der Waals surface area contributed by atoms with E-state index in [2.05, 4.69) is 24.3 Å². The highest BCUT2D eigenvalue weighted by molar-refractivity contribution is 5.99. The number of hydrogen-bond donors (Lipinski definition) is 2. The van der Waals surface area contributed by atoms with E-state index in [9.17, 15) is 9.59 Å². The first-order valence-electron chi connectivity index (χ1n) is 7.63. The molecular weight excluding hydrogens is 310 g/mol. The van der Waals surface area contributed by atoms with Gasteiger partial charge < -0.3 is 20.3 Å². The number of hydrogen-bond acceptors (Lipinski definition) is 6. The number of nitrogens with zero attached hydrogens (tertiary/aromatic N) is 1. The summed E-state index contributed by atoms with van der Waals surface area (Å²) in [6, 6.07) is 7.50. The zero-order valence-electron chi connectivity index (χ0n) is 14.1. The number of amides is 1. The monoisotopic (exact) mass is 331 g/mol. The normalized spacial score (nSPS) is 12.0. The van der Waals surface area contributed by atoms with E-state index < -0.39 is 18.0 Å². The molecule has 1 aromatic carbocycles. The van der Waals surface area contributed by atoms with Crippen molar-refractivity contribution in [2.45, 2.75) is 39.7 Å². The minimum absolute atomic E-state index is 0.0379. The molecule has 24 heavy (non-hydrogen) atoms. The second kappa shape index (κ2) is 7.16. The first-order chi connectivity index (χ1) is 11.3. The third kappa shape index (κ3) is 3.92. The summed E-state index contributed by atoms with van der Waals surface area (Å²) < 4.78 is 9.83. The van der Waals surface area contributed by atoms with Gasteiger partial charge in [0.05, 0.1) is 5.69 Å². The summed E-state index contributed by atoms with van der Waals surface area (Å²) >= 11 is 0. The number of nitrogen functional groups attached to an aromatic ring is 1. The van der Waals surface area contributed by atoms with Crippen molar-refractivity contribution < 1.29 is 18.8 Å². The predicted octanol–water partition coefficient (Wildman–Crippen LogP) is 2.87. The maximum atomic E-state index is 12.1. The number of ether oxygens (including phenoxy) is 1. The summed E-state index contributed by atoms with van der Waals surface area (Å²) in [4.78, 5) is 24.2. The zero-order valence-corrected chi connectivity index (χ0v) is 14.1. The van der Waals surface area contributed by atoms with Crippen LogP contribution in [0.15, 0.2) is 28.8 Å². The summed E-state index contributed by atoms with van der Waals surface area (Å²) in [6.07, 6.45) is -0.990. The fourth-order valence-electron chi connectivity index (χ4n) is 2.10. The third-order valence-electron chi connectivity index (χ3n) is 3.59. The number of aromatic nitrogens is 1. The van der Waals surface area contributed by atoms with Gasteiger partial charge in [0.2, 0.25) is 5.88 Å². The Kier molecular flexibility index (Phi) is 5.23. The van der Waals surface area contributed by atoms with E-state index in [0.717, 1.165) is 0 Å². The molecule has 2 rings (SSSR count). The lowest BCUT2D eigenvalue weighted by Crippen LogP contribution is -2.30. The number of nitrogens with two attached hydrogens (primary N) is 1. The number of carbonyl (C=O) groups is 2. The van der Waals surface area contributed by atoms with Crippen molar-refractivity contribution >= 4 is 23.4 Å². The highest BCUT2D eigenvalue weighted by Crippen LogP contribution is 2.19. The van der Waals surface area contributed by atoms with E-state index in [0.29, 0.717) is 17.3 Å². The van der Waals surface area contributed by atoms with Gasteiger partial charge >= 0.3 is 5.97 Å². The lowest BCUT2D eigenvalue weighted by Gasteiger charge is -2.14. The van der Waals surface area contributed by atoms with Gasteiger partial charge in [-0.2, -0.15) is 0 Å². The molecule has 1 amide bonds. The van der Waals surface area contributed by atoms with Gasteiger partial charge in [0, 0.05) is 5.69 Å². The molecule has 0 saturated carbocycles. The van der Waals surface area contributed by atoms with E-state index in [-0.39, 0.29) is 11.4 Å². The van der Waals surface area contributed by atoms with Gasteiger partial charge in [0.1, 0.15) is 5.56 Å². The van der Waals surface area contributed by atoms with Gasteiger partial charge in [-0.3, -0.25) is 4.79 Å². The Bertz CT molecular complexity index is 715. The van der Waals surface area contributed by atoms with Crippen LogP contribution >= 0.6 is 0 Å². The number of aryl methyl sites for hydroxylation is 1. The Hall–Kier alpha value is -2.83. The summed E-state index contributed by atoms with van der Waals surface area (Å²) in [5, 5.41) is 6.28. The molecule has 0 spiro atoms. The van der Waals surface area contributed by atoms with E-state index in [1.165, 1.54) is 12.5 Å². The van der Waals surface area contributed by atoms with Gasteiger partial charge in [0.25, 0.3) is 5.91 Å². The predicted molar refractivity (Wildman–Crippen MR) is 89.7 cm³/mol. The van der Waals surface area contributed by atoms with Gasteiger partial charge in [-0.15, -0.1) is 0 Å². The SMILES string of the molecule is Cc1noc(N)c1C(=O)OC(C)C(=O)Nc1ccc(C(C)C)cc1. The van der Waals surface area contributed by atoms with E-state index in [1.807, 2.05) is 24.3 Å². The Morgan fingerprint density at radius 3 is 2.33 bits per heavy atom. The fourth-order valence-corrected chi connectivity index (χ4v) is 2.10. The summed E-state index contributed by atoms with van der Waals surface area (Å²) in [7, 11) is 0. The van der Waals surface area contributed by atoms with Crippen molar-refractivity contribution in [1.29, 1.82) is 0 Å². The fraction of sp³-hybridized carbons (Fsp3) is 0.353. The van der Waals surface area contributed by atoms with Crippen molar-refractivity contribution in [2.75, 3.05) is 11.1 Å². The van der Waals surface area contributed by atoms with Crippen molar-refractivity contribution in [2.24, 2.45) is 0 Å². The van der Waals surface area contributed by atoms with Crippen LogP contribution in [0.1, 0.15) is 48.3 Å². The van der Waals surface area contributed by atoms with E-state index in [4.69, 9.17) is 15.0 Å². The molecular formula is C17H21N3O4. The standard InChI is InChI=1S/C17H21N3O4/c1-9(2)12-5-7-13(8-6-12)19-16(21)11(4)23-17(22)14-10(3)20-24-15(14)18/h5-9,11H,18H2,1-4H3,(H,19,21). The van der Waals surface area contributed by atoms with Gasteiger partial charge in [-0.25, -0.2) is 4.79 Å². The van der Waals surface area contributed by atoms with Crippen LogP contribution in [0.4, 0.5) is 11.6 Å². The van der Waals surface area contributed by atoms with Crippen LogP contribution in [0.3, 0.4) is 0 Å². The largest absolute Gasteiger partial charge is 0.449 e. The molecule has 0 fully saturated rings. The highest BCUT2D eigenvalue weighted by Gasteiger charge is 2.24. The molecule has 2 aromatic rings. The number of benzene rings is 1. The first-order valence-corrected chi connectivity index (χ1v) is 7.63. The minimum Gasteiger partial charge on any atom is -0.449 e. The van der Waals surface area contributed by atoms with Gasteiger partial charge in [-0.05, 0) is 37.5 Å². The smallest absolute Gasteiger partial charge is 0.346 e. The Labute approximate surface area is 140 Å². The lowest BCUT2D eigenvalue weighted by molar-refractivity contribution is -0.123. The number of carbonyl (C=O) groups excluding carboxylic acids is 2. The maximum absolute atomic E-state index is 12.1. The number of anilines is 2. The van der Waals surface area contributed by atoms with Crippen LogP contribution in [-0.4, -0.2) is 23.1 Å². The summed E-state index contributed by atoms with van der Waals surface area (Å²) in [6.45, 7) is 7.23. The first kappa shape index (κ1) is 17.5. The van der Waals surface area contributed by atoms with Crippen LogP contribution in [0, 0.1) is 6.92 Å². The number of rotatable bonds is 5. The third-order valence-corrected chi connectivity index (χ3v) is 3.59. The second-order valence-electron chi connectivity index (χ2n) is 5.82. The molecule has 0 bridgehead atoms. The average molecular weight is 331 g/mol. The van der Waals surface area contributed by atoms with Crippen LogP contribution in [0.5, 0.6) is 0 Å². The van der Waals surface area contributed by atoms with Crippen molar-refractivity contribution in [3.63, 3.8) is 0 Å². The average Bonchev–Trinajstić information content (AvgIpc) is 2.86. The molecule has 1 aromatic heterocycles. The zero-order chi connectivity index (χ0) is 17.9. The molecule has 7 nitrogen and oxygen atoms in total. The van der Waals surface area contributed by atoms with Crippen LogP contribution < -0.4 is 11.1 Å². The Morgan fingerprint density at radius 1 is 1.21 bits per heavy atom. The molecule has 0 aliphatic rings. The topological polar surface area (TPSA) is 107 Å². The maximum Gasteiger partial charge on any atom is 0.346 e. The van der Waals surface area contributed by atoms with Gasteiger partial charge in [0.15, 0.2) is 6.10 Å². The highest BCUT2D eigenvalue weighted by atomic mass is 16.5. The van der Waals surface area contributed by atoms with Crippen LogP contribution in [0.25, 0.3) is 0 Å². The molecule has 1 heterocycles. The summed E-state index contributed by atoms with van der Waals surface area (Å²) in [5.41, 5.74) is 7.68. The number of esters is 1. The van der Waals surface area contributed by atoms with E-state index >= 15 is 0 Å².